The van der Waals surface area contributed by atoms with Crippen molar-refractivity contribution in [2.24, 2.45) is 5.10 Å². The van der Waals surface area contributed by atoms with E-state index >= 15 is 0 Å². The summed E-state index contributed by atoms with van der Waals surface area (Å²) in [7, 11) is 0. The van der Waals surface area contributed by atoms with Crippen molar-refractivity contribution in [3.63, 3.8) is 0 Å². The standard InChI is InChI=1S/C19H19N7O2/c1-13(15-8-10-17(11-9-15)20-14(2)27)21-22-18(28)12-26-24-19(23-25-26)16-6-4-3-5-7-16/h3-11H,12H2,1-2H3,(H,20,27)(H,22,28)/b21-13-. The van der Waals surface area contributed by atoms with Crippen LogP contribution in [0.3, 0.4) is 0 Å². The SMILES string of the molecule is CC(=O)Nc1ccc(/C(C)=N\NC(=O)Cn2nnc(-c3ccccc3)n2)cc1. The molecular formula is C19H19N7O2. The predicted octanol–water partition coefficient (Wildman–Crippen LogP) is 1.84. The summed E-state index contributed by atoms with van der Waals surface area (Å²) in [4.78, 5) is 24.3. The van der Waals surface area contributed by atoms with E-state index < -0.39 is 0 Å². The van der Waals surface area contributed by atoms with Crippen LogP contribution in [0, 0.1) is 0 Å². The Morgan fingerprint density at radius 3 is 2.43 bits per heavy atom. The first-order valence-electron chi connectivity index (χ1n) is 8.55. The van der Waals surface area contributed by atoms with Gasteiger partial charge in [-0.2, -0.15) is 9.90 Å². The van der Waals surface area contributed by atoms with Crippen molar-refractivity contribution in [3.05, 3.63) is 60.2 Å². The molecule has 28 heavy (non-hydrogen) atoms. The first-order valence-corrected chi connectivity index (χ1v) is 8.55. The van der Waals surface area contributed by atoms with Crippen LogP contribution in [-0.2, 0) is 16.1 Å². The molecule has 2 N–H and O–H groups in total. The fraction of sp³-hybridized carbons (Fsp3) is 0.158. The fourth-order valence-corrected chi connectivity index (χ4v) is 2.39. The summed E-state index contributed by atoms with van der Waals surface area (Å²) in [6.07, 6.45) is 0. The number of carbonyl (C=O) groups excluding carboxylic acids is 2. The summed E-state index contributed by atoms with van der Waals surface area (Å²) in [5.41, 5.74) is 5.44. The van der Waals surface area contributed by atoms with Crippen molar-refractivity contribution in [2.75, 3.05) is 5.32 Å². The minimum atomic E-state index is -0.369. The van der Waals surface area contributed by atoms with Crippen LogP contribution in [0.25, 0.3) is 11.4 Å². The van der Waals surface area contributed by atoms with Crippen molar-refractivity contribution < 1.29 is 9.59 Å². The summed E-state index contributed by atoms with van der Waals surface area (Å²) in [6, 6.07) is 16.5. The Morgan fingerprint density at radius 1 is 1.04 bits per heavy atom. The molecule has 9 nitrogen and oxygen atoms in total. The number of tetrazole rings is 1. The first-order chi connectivity index (χ1) is 13.5. The molecule has 0 saturated carbocycles. The van der Waals surface area contributed by atoms with E-state index in [1.54, 1.807) is 31.2 Å². The van der Waals surface area contributed by atoms with Gasteiger partial charge in [-0.1, -0.05) is 42.5 Å². The number of carbonyl (C=O) groups is 2. The number of aromatic nitrogens is 4. The van der Waals surface area contributed by atoms with Crippen molar-refractivity contribution in [1.29, 1.82) is 0 Å². The molecule has 0 radical (unpaired) electrons. The van der Waals surface area contributed by atoms with Gasteiger partial charge in [0.15, 0.2) is 0 Å². The summed E-state index contributed by atoms with van der Waals surface area (Å²) in [5, 5.41) is 18.8. The number of amides is 2. The Hall–Kier alpha value is -3.88. The molecule has 0 spiro atoms. The number of nitrogens with one attached hydrogen (secondary N) is 2. The third-order valence-corrected chi connectivity index (χ3v) is 3.74. The monoisotopic (exact) mass is 377 g/mol. The number of hydrogen-bond donors (Lipinski definition) is 2. The molecule has 2 amide bonds. The van der Waals surface area contributed by atoms with Gasteiger partial charge in [0.05, 0.1) is 5.71 Å². The molecule has 1 aromatic heterocycles. The molecule has 0 atom stereocenters. The molecule has 3 aromatic rings. The lowest BCUT2D eigenvalue weighted by atomic mass is 10.1. The Labute approximate surface area is 161 Å². The minimum Gasteiger partial charge on any atom is -0.326 e. The summed E-state index contributed by atoms with van der Waals surface area (Å²) < 4.78 is 0. The number of rotatable bonds is 6. The van der Waals surface area contributed by atoms with Gasteiger partial charge in [-0.3, -0.25) is 9.59 Å². The van der Waals surface area contributed by atoms with E-state index in [4.69, 9.17) is 0 Å². The largest absolute Gasteiger partial charge is 0.326 e. The maximum absolute atomic E-state index is 12.1. The Morgan fingerprint density at radius 2 is 1.75 bits per heavy atom. The van der Waals surface area contributed by atoms with E-state index in [0.717, 1.165) is 11.1 Å². The third kappa shape index (κ3) is 5.07. The van der Waals surface area contributed by atoms with E-state index in [9.17, 15) is 9.59 Å². The second-order valence-electron chi connectivity index (χ2n) is 6.00. The van der Waals surface area contributed by atoms with Crippen molar-refractivity contribution >= 4 is 23.2 Å². The molecule has 0 bridgehead atoms. The van der Waals surface area contributed by atoms with E-state index in [0.29, 0.717) is 17.2 Å². The van der Waals surface area contributed by atoms with Gasteiger partial charge in [0, 0.05) is 18.2 Å². The summed E-state index contributed by atoms with van der Waals surface area (Å²) in [5.74, 6) is -0.0545. The number of hydrogen-bond acceptors (Lipinski definition) is 6. The Bertz CT molecular complexity index is 995. The predicted molar refractivity (Wildman–Crippen MR) is 104 cm³/mol. The van der Waals surface area contributed by atoms with Crippen molar-refractivity contribution in [3.8, 4) is 11.4 Å². The molecule has 0 aliphatic carbocycles. The molecule has 0 aliphatic rings. The average Bonchev–Trinajstić information content (AvgIpc) is 3.15. The van der Waals surface area contributed by atoms with Gasteiger partial charge in [0.1, 0.15) is 6.54 Å². The lowest BCUT2D eigenvalue weighted by Crippen LogP contribution is -2.25. The highest BCUT2D eigenvalue weighted by atomic mass is 16.2. The zero-order chi connectivity index (χ0) is 19.9. The quantitative estimate of drug-likeness (QED) is 0.502. The molecule has 3 rings (SSSR count). The average molecular weight is 377 g/mol. The molecule has 0 fully saturated rings. The molecular weight excluding hydrogens is 358 g/mol. The number of nitrogens with zero attached hydrogens (tertiary/aromatic N) is 5. The topological polar surface area (TPSA) is 114 Å². The number of benzene rings is 2. The summed E-state index contributed by atoms with van der Waals surface area (Å²) in [6.45, 7) is 3.12. The van der Waals surface area contributed by atoms with Crippen molar-refractivity contribution in [1.82, 2.24) is 25.6 Å². The summed E-state index contributed by atoms with van der Waals surface area (Å²) >= 11 is 0. The van der Waals surface area contributed by atoms with Crippen molar-refractivity contribution in [2.45, 2.75) is 20.4 Å². The van der Waals surface area contributed by atoms with E-state index in [1.807, 2.05) is 30.3 Å². The lowest BCUT2D eigenvalue weighted by molar-refractivity contribution is -0.122. The molecule has 0 unspecified atom stereocenters. The van der Waals surface area contributed by atoms with Gasteiger partial charge in [0.25, 0.3) is 5.91 Å². The molecule has 9 heteroatoms. The van der Waals surface area contributed by atoms with Gasteiger partial charge < -0.3 is 5.32 Å². The van der Waals surface area contributed by atoms with Crippen LogP contribution >= 0.6 is 0 Å². The molecule has 2 aromatic carbocycles. The number of anilines is 1. The van der Waals surface area contributed by atoms with Gasteiger partial charge in [-0.15, -0.1) is 10.2 Å². The highest BCUT2D eigenvalue weighted by molar-refractivity contribution is 5.99. The molecule has 1 heterocycles. The van der Waals surface area contributed by atoms with Crippen LogP contribution in [0.15, 0.2) is 59.7 Å². The molecule has 142 valence electrons. The smallest absolute Gasteiger partial charge is 0.263 e. The molecule has 0 aliphatic heterocycles. The van der Waals surface area contributed by atoms with Crippen LogP contribution in [0.2, 0.25) is 0 Å². The van der Waals surface area contributed by atoms with Crippen LogP contribution in [0.5, 0.6) is 0 Å². The van der Waals surface area contributed by atoms with Gasteiger partial charge >= 0.3 is 0 Å². The van der Waals surface area contributed by atoms with Gasteiger partial charge in [-0.05, 0) is 29.8 Å². The maximum atomic E-state index is 12.1. The fourth-order valence-electron chi connectivity index (χ4n) is 2.39. The first kappa shape index (κ1) is 18.9. The van der Waals surface area contributed by atoms with Gasteiger partial charge in [0.2, 0.25) is 11.7 Å². The normalized spacial score (nSPS) is 11.1. The zero-order valence-electron chi connectivity index (χ0n) is 15.5. The third-order valence-electron chi connectivity index (χ3n) is 3.74. The minimum absolute atomic E-state index is 0.0991. The highest BCUT2D eigenvalue weighted by Gasteiger charge is 2.09. The van der Waals surface area contributed by atoms with Crippen LogP contribution in [-0.4, -0.2) is 37.7 Å². The van der Waals surface area contributed by atoms with Crippen LogP contribution in [0.1, 0.15) is 19.4 Å². The highest BCUT2D eigenvalue weighted by Crippen LogP contribution is 2.12. The second kappa shape index (κ2) is 8.67. The zero-order valence-corrected chi connectivity index (χ0v) is 15.5. The van der Waals surface area contributed by atoms with E-state index in [2.05, 4.69) is 31.3 Å². The maximum Gasteiger partial charge on any atom is 0.263 e. The van der Waals surface area contributed by atoms with E-state index in [-0.39, 0.29) is 18.4 Å². The van der Waals surface area contributed by atoms with E-state index in [1.165, 1.54) is 11.7 Å². The van der Waals surface area contributed by atoms with Crippen LogP contribution in [0.4, 0.5) is 5.69 Å². The lowest BCUT2D eigenvalue weighted by Gasteiger charge is -2.05. The van der Waals surface area contributed by atoms with Gasteiger partial charge in [-0.25, -0.2) is 5.43 Å². The Balaban J connectivity index is 1.57. The Kier molecular flexibility index (Phi) is 5.85. The second-order valence-corrected chi connectivity index (χ2v) is 6.00. The number of hydrazone groups is 1. The van der Waals surface area contributed by atoms with Crippen LogP contribution < -0.4 is 10.7 Å². The molecule has 0 saturated heterocycles.